The van der Waals surface area contributed by atoms with Crippen molar-refractivity contribution in [3.8, 4) is 10.6 Å². The van der Waals surface area contributed by atoms with E-state index in [0.29, 0.717) is 34.9 Å². The zero-order valence-electron chi connectivity index (χ0n) is 19.4. The second-order valence-corrected chi connectivity index (χ2v) is 11.3. The molecule has 5 N–H and O–H groups in total. The van der Waals surface area contributed by atoms with Gasteiger partial charge in [0, 0.05) is 42.6 Å². The molecular formula is C22H26F3N7OS2. The van der Waals surface area contributed by atoms with Gasteiger partial charge in [-0.05, 0) is 44.2 Å². The number of nitrogens with zero attached hydrogens (tertiary/aromatic N) is 3. The Balaban J connectivity index is 1.59. The summed E-state index contributed by atoms with van der Waals surface area (Å²) in [7, 11) is 0. The summed E-state index contributed by atoms with van der Waals surface area (Å²) < 4.78 is 43.5. The molecule has 2 atom stereocenters. The second kappa shape index (κ2) is 9.43. The molecule has 2 unspecified atom stereocenters. The minimum atomic E-state index is -4.64. The van der Waals surface area contributed by atoms with Gasteiger partial charge in [-0.25, -0.2) is 14.3 Å². The van der Waals surface area contributed by atoms with E-state index in [1.807, 2.05) is 20.8 Å². The molecule has 188 valence electrons. The number of anilines is 1. The average Bonchev–Trinajstić information content (AvgIpc) is 3.32. The van der Waals surface area contributed by atoms with Crippen molar-refractivity contribution >= 4 is 41.4 Å². The summed E-state index contributed by atoms with van der Waals surface area (Å²) >= 11 is 2.54. The highest BCUT2D eigenvalue weighted by Gasteiger charge is 2.40. The van der Waals surface area contributed by atoms with Crippen LogP contribution in [0.4, 0.5) is 19.1 Å². The number of thiophene rings is 1. The van der Waals surface area contributed by atoms with Gasteiger partial charge >= 0.3 is 6.18 Å². The molecule has 8 nitrogen and oxygen atoms in total. The third-order valence-corrected chi connectivity index (χ3v) is 8.54. The van der Waals surface area contributed by atoms with E-state index in [4.69, 9.17) is 11.1 Å². The molecule has 0 bridgehead atoms. The number of rotatable bonds is 6. The van der Waals surface area contributed by atoms with Crippen LogP contribution in [0.15, 0.2) is 23.4 Å². The van der Waals surface area contributed by atoms with E-state index in [2.05, 4.69) is 24.9 Å². The van der Waals surface area contributed by atoms with Crippen molar-refractivity contribution in [1.82, 2.24) is 19.6 Å². The van der Waals surface area contributed by atoms with Crippen molar-refractivity contribution < 1.29 is 18.0 Å². The highest BCUT2D eigenvalue weighted by Crippen LogP contribution is 2.44. The minimum absolute atomic E-state index is 0.0419. The third kappa shape index (κ3) is 5.16. The van der Waals surface area contributed by atoms with Crippen molar-refractivity contribution in [3.05, 3.63) is 39.4 Å². The number of fused-ring (bicyclic) bond motifs is 1. The SMILES string of the molecule is CC1CN(S/C(C=N)=C/N)CCC1Nc1ncc(C(F)(F)F)c(-c2cc3c(s2)C(C)(C)NC3=O)n1. The Bertz CT molecular complexity index is 1180. The van der Waals surface area contributed by atoms with Gasteiger partial charge < -0.3 is 21.8 Å². The van der Waals surface area contributed by atoms with E-state index < -0.39 is 17.3 Å². The lowest BCUT2D eigenvalue weighted by Crippen LogP contribution is -2.42. The lowest BCUT2D eigenvalue weighted by molar-refractivity contribution is -0.137. The third-order valence-electron chi connectivity index (χ3n) is 6.02. The number of nitrogens with two attached hydrogens (primary N) is 1. The van der Waals surface area contributed by atoms with Gasteiger partial charge in [0.25, 0.3) is 5.91 Å². The molecule has 2 aromatic rings. The van der Waals surface area contributed by atoms with Gasteiger partial charge in [-0.2, -0.15) is 13.2 Å². The summed E-state index contributed by atoms with van der Waals surface area (Å²) in [6.07, 6.45) is -0.541. The molecular weight excluding hydrogens is 499 g/mol. The van der Waals surface area contributed by atoms with E-state index in [-0.39, 0.29) is 34.4 Å². The molecule has 0 spiro atoms. The first-order valence-electron chi connectivity index (χ1n) is 11.0. The lowest BCUT2D eigenvalue weighted by atomic mass is 9.95. The number of alkyl halides is 3. The lowest BCUT2D eigenvalue weighted by Gasteiger charge is -2.36. The van der Waals surface area contributed by atoms with Gasteiger partial charge in [0.2, 0.25) is 5.95 Å². The molecule has 0 aromatic carbocycles. The molecule has 13 heteroatoms. The van der Waals surface area contributed by atoms with Gasteiger partial charge in [-0.15, -0.1) is 11.3 Å². The molecule has 1 amide bonds. The first kappa shape index (κ1) is 25.5. The molecule has 4 rings (SSSR count). The van der Waals surface area contributed by atoms with Crippen LogP contribution in [0.25, 0.3) is 10.6 Å². The zero-order valence-corrected chi connectivity index (χ0v) is 21.0. The maximum Gasteiger partial charge on any atom is 0.420 e. The summed E-state index contributed by atoms with van der Waals surface area (Å²) in [6, 6.07) is 1.44. The predicted molar refractivity (Wildman–Crippen MR) is 132 cm³/mol. The maximum absolute atomic E-state index is 13.8. The number of hydrogen-bond acceptors (Lipinski definition) is 9. The van der Waals surface area contributed by atoms with Crippen LogP contribution in [0.3, 0.4) is 0 Å². The summed E-state index contributed by atoms with van der Waals surface area (Å²) in [5.41, 5.74) is 4.08. The van der Waals surface area contributed by atoms with E-state index in [1.54, 1.807) is 0 Å². The summed E-state index contributed by atoms with van der Waals surface area (Å²) in [5.74, 6) is -0.0433. The number of nitrogens with one attached hydrogen (secondary N) is 3. The van der Waals surface area contributed by atoms with Gasteiger partial charge in [0.15, 0.2) is 0 Å². The molecule has 1 saturated heterocycles. The summed E-state index contributed by atoms with van der Waals surface area (Å²) in [6.45, 7) is 7.07. The van der Waals surface area contributed by atoms with Gasteiger partial charge in [0.05, 0.1) is 26.6 Å². The quantitative estimate of drug-likeness (QED) is 0.325. The molecule has 1 fully saturated rings. The van der Waals surface area contributed by atoms with Crippen LogP contribution in [0.2, 0.25) is 0 Å². The Morgan fingerprint density at radius 1 is 1.46 bits per heavy atom. The van der Waals surface area contributed by atoms with E-state index in [0.717, 1.165) is 17.5 Å². The van der Waals surface area contributed by atoms with Crippen molar-refractivity contribution in [3.63, 3.8) is 0 Å². The number of aromatic nitrogens is 2. The summed E-state index contributed by atoms with van der Waals surface area (Å²) in [4.78, 5) is 22.2. The monoisotopic (exact) mass is 525 g/mol. The van der Waals surface area contributed by atoms with Crippen LogP contribution in [0.5, 0.6) is 0 Å². The highest BCUT2D eigenvalue weighted by atomic mass is 32.2. The molecule has 4 heterocycles. The number of halogens is 3. The standard InChI is InChI=1S/C22H26F3N7OS2/c1-11-10-32(35-12(7-26)8-27)5-4-15(11)29-20-28-9-14(22(23,24)25)17(30-20)16-6-13-18(34-16)21(2,3)31-19(13)33/h6-9,11,15,26H,4-5,10,27H2,1-3H3,(H,31,33)(H,28,29,30)/b12-8+,26-7?. The number of carbonyl (C=O) groups excluding carboxylic acids is 1. The van der Waals surface area contributed by atoms with E-state index in [1.165, 1.54) is 30.4 Å². The predicted octanol–water partition coefficient (Wildman–Crippen LogP) is 4.42. The largest absolute Gasteiger partial charge is 0.420 e. The van der Waals surface area contributed by atoms with Crippen LogP contribution in [0, 0.1) is 11.3 Å². The van der Waals surface area contributed by atoms with Crippen LogP contribution >= 0.6 is 23.3 Å². The van der Waals surface area contributed by atoms with Crippen molar-refractivity contribution in [2.75, 3.05) is 18.4 Å². The van der Waals surface area contributed by atoms with Crippen molar-refractivity contribution in [2.24, 2.45) is 11.7 Å². The topological polar surface area (TPSA) is 120 Å². The van der Waals surface area contributed by atoms with Crippen LogP contribution < -0.4 is 16.4 Å². The van der Waals surface area contributed by atoms with Gasteiger partial charge in [-0.1, -0.05) is 6.92 Å². The Labute approximate surface area is 209 Å². The Kier molecular flexibility index (Phi) is 6.86. The van der Waals surface area contributed by atoms with E-state index >= 15 is 0 Å². The minimum Gasteiger partial charge on any atom is -0.404 e. The molecule has 35 heavy (non-hydrogen) atoms. The van der Waals surface area contributed by atoms with Crippen LogP contribution in [0.1, 0.15) is 48.0 Å². The fourth-order valence-electron chi connectivity index (χ4n) is 4.22. The van der Waals surface area contributed by atoms with Crippen LogP contribution in [-0.2, 0) is 11.7 Å². The molecule has 2 aromatic heterocycles. The summed E-state index contributed by atoms with van der Waals surface area (Å²) in [5, 5.41) is 13.4. The Morgan fingerprint density at radius 3 is 2.80 bits per heavy atom. The van der Waals surface area contributed by atoms with Crippen LogP contribution in [-0.4, -0.2) is 45.5 Å². The Hall–Kier alpha value is -2.64. The fraction of sp³-hybridized carbons (Fsp3) is 0.455. The maximum atomic E-state index is 13.8. The Morgan fingerprint density at radius 2 is 2.20 bits per heavy atom. The fourth-order valence-corrected chi connectivity index (χ4v) is 6.35. The van der Waals surface area contributed by atoms with Gasteiger partial charge in [-0.3, -0.25) is 4.79 Å². The highest BCUT2D eigenvalue weighted by molar-refractivity contribution is 8.01. The molecule has 0 radical (unpaired) electrons. The number of piperidine rings is 1. The molecule has 2 aliphatic rings. The first-order valence-corrected chi connectivity index (χ1v) is 12.5. The molecule has 2 aliphatic heterocycles. The average molecular weight is 526 g/mol. The zero-order chi connectivity index (χ0) is 25.5. The first-order chi connectivity index (χ1) is 16.4. The number of carbonyl (C=O) groups is 1. The van der Waals surface area contributed by atoms with Crippen molar-refractivity contribution in [2.45, 2.75) is 44.9 Å². The number of amides is 1. The molecule has 0 saturated carbocycles. The van der Waals surface area contributed by atoms with Crippen molar-refractivity contribution in [1.29, 1.82) is 5.41 Å². The van der Waals surface area contributed by atoms with E-state index in [9.17, 15) is 18.0 Å². The van der Waals surface area contributed by atoms with Gasteiger partial charge in [0.1, 0.15) is 5.56 Å². The molecule has 0 aliphatic carbocycles. The normalized spacial score (nSPS) is 22.6. The number of hydrogen-bond donors (Lipinski definition) is 4. The smallest absolute Gasteiger partial charge is 0.404 e. The number of allylic oxidation sites excluding steroid dienone is 1. The second-order valence-electron chi connectivity index (χ2n) is 9.10.